The van der Waals surface area contributed by atoms with Crippen molar-refractivity contribution in [3.63, 3.8) is 0 Å². The number of nitrogens with one attached hydrogen (secondary N) is 1. The first-order valence-corrected chi connectivity index (χ1v) is 7.49. The lowest BCUT2D eigenvalue weighted by Gasteiger charge is -1.99. The van der Waals surface area contributed by atoms with Crippen LogP contribution in [0.25, 0.3) is 11.4 Å². The zero-order valence-electron chi connectivity index (χ0n) is 11.0. The molecular formula is C15H12BrClN4. The molecule has 4 nitrogen and oxygen atoms in total. The Morgan fingerprint density at radius 3 is 2.62 bits per heavy atom. The van der Waals surface area contributed by atoms with Gasteiger partial charge in [0.05, 0.1) is 0 Å². The molecule has 2 aromatic carbocycles. The zero-order chi connectivity index (χ0) is 14.8. The van der Waals surface area contributed by atoms with E-state index in [1.54, 1.807) is 0 Å². The van der Waals surface area contributed by atoms with Crippen molar-refractivity contribution >= 4 is 33.2 Å². The predicted molar refractivity (Wildman–Crippen MR) is 88.2 cm³/mol. The van der Waals surface area contributed by atoms with Crippen LogP contribution in [-0.2, 0) is 6.42 Å². The monoisotopic (exact) mass is 362 g/mol. The highest BCUT2D eigenvalue weighted by Gasteiger charge is 2.08. The van der Waals surface area contributed by atoms with Crippen LogP contribution >= 0.6 is 27.5 Å². The average molecular weight is 364 g/mol. The van der Waals surface area contributed by atoms with Crippen molar-refractivity contribution in [2.75, 3.05) is 5.73 Å². The fraction of sp³-hybridized carbons (Fsp3) is 0.0667. The number of halogens is 2. The third-order valence-corrected chi connectivity index (χ3v) is 3.68. The summed E-state index contributed by atoms with van der Waals surface area (Å²) < 4.78 is 0.898. The van der Waals surface area contributed by atoms with E-state index >= 15 is 0 Å². The molecular weight excluding hydrogens is 352 g/mol. The molecule has 0 atom stereocenters. The maximum absolute atomic E-state index is 6.04. The molecule has 106 valence electrons. The molecule has 0 fully saturated rings. The molecule has 0 aliphatic rings. The molecule has 3 N–H and O–H groups in total. The fourth-order valence-corrected chi connectivity index (χ4v) is 2.88. The summed E-state index contributed by atoms with van der Waals surface area (Å²) >= 11 is 9.46. The number of benzene rings is 2. The van der Waals surface area contributed by atoms with Crippen LogP contribution in [0.4, 0.5) is 5.69 Å². The molecule has 0 radical (unpaired) electrons. The van der Waals surface area contributed by atoms with Crippen LogP contribution in [0.3, 0.4) is 0 Å². The highest BCUT2D eigenvalue weighted by atomic mass is 79.9. The van der Waals surface area contributed by atoms with E-state index in [0.29, 0.717) is 17.3 Å². The van der Waals surface area contributed by atoms with Gasteiger partial charge < -0.3 is 5.73 Å². The molecule has 0 saturated carbocycles. The molecule has 0 amide bonds. The number of rotatable bonds is 3. The lowest BCUT2D eigenvalue weighted by molar-refractivity contribution is 0.973. The SMILES string of the molecule is Nc1ccc(Cc2nc(-c3cc(Cl)cc(Br)c3)n[nH]2)cc1. The lowest BCUT2D eigenvalue weighted by atomic mass is 10.1. The number of H-pyrrole nitrogens is 1. The summed E-state index contributed by atoms with van der Waals surface area (Å²) in [4.78, 5) is 4.50. The Morgan fingerprint density at radius 1 is 1.14 bits per heavy atom. The smallest absolute Gasteiger partial charge is 0.181 e. The van der Waals surface area contributed by atoms with Crippen molar-refractivity contribution in [1.82, 2.24) is 15.2 Å². The Bertz CT molecular complexity index is 747. The molecule has 0 aliphatic carbocycles. The Morgan fingerprint density at radius 2 is 1.90 bits per heavy atom. The normalized spacial score (nSPS) is 10.8. The first-order chi connectivity index (χ1) is 10.1. The van der Waals surface area contributed by atoms with Gasteiger partial charge in [0, 0.05) is 27.2 Å². The summed E-state index contributed by atoms with van der Waals surface area (Å²) in [5.74, 6) is 1.43. The lowest BCUT2D eigenvalue weighted by Crippen LogP contribution is -1.92. The molecule has 1 heterocycles. The van der Waals surface area contributed by atoms with Gasteiger partial charge in [-0.3, -0.25) is 5.10 Å². The van der Waals surface area contributed by atoms with Gasteiger partial charge in [-0.05, 0) is 35.9 Å². The summed E-state index contributed by atoms with van der Waals surface area (Å²) in [6.45, 7) is 0. The maximum Gasteiger partial charge on any atom is 0.181 e. The number of aromatic amines is 1. The van der Waals surface area contributed by atoms with Crippen molar-refractivity contribution in [3.05, 3.63) is 63.3 Å². The summed E-state index contributed by atoms with van der Waals surface area (Å²) in [5, 5.41) is 7.84. The number of nitrogens with two attached hydrogens (primary N) is 1. The number of aromatic nitrogens is 3. The summed E-state index contributed by atoms with van der Waals surface area (Å²) in [5.41, 5.74) is 8.42. The molecule has 0 unspecified atom stereocenters. The third kappa shape index (κ3) is 3.43. The number of anilines is 1. The molecule has 0 aliphatic heterocycles. The molecule has 21 heavy (non-hydrogen) atoms. The number of hydrogen-bond acceptors (Lipinski definition) is 3. The minimum Gasteiger partial charge on any atom is -0.399 e. The van der Waals surface area contributed by atoms with Gasteiger partial charge in [0.1, 0.15) is 5.82 Å². The highest BCUT2D eigenvalue weighted by molar-refractivity contribution is 9.10. The van der Waals surface area contributed by atoms with E-state index in [1.165, 1.54) is 0 Å². The molecule has 0 spiro atoms. The molecule has 0 bridgehead atoms. The third-order valence-electron chi connectivity index (χ3n) is 3.00. The second-order valence-electron chi connectivity index (χ2n) is 4.68. The van der Waals surface area contributed by atoms with E-state index < -0.39 is 0 Å². The largest absolute Gasteiger partial charge is 0.399 e. The highest BCUT2D eigenvalue weighted by Crippen LogP contribution is 2.25. The van der Waals surface area contributed by atoms with Crippen LogP contribution in [0.5, 0.6) is 0 Å². The van der Waals surface area contributed by atoms with Gasteiger partial charge in [-0.25, -0.2) is 4.98 Å². The van der Waals surface area contributed by atoms with Gasteiger partial charge in [-0.1, -0.05) is 39.7 Å². The summed E-state index contributed by atoms with van der Waals surface area (Å²) in [6, 6.07) is 13.3. The minimum absolute atomic E-state index is 0.628. The quantitative estimate of drug-likeness (QED) is 0.690. The van der Waals surface area contributed by atoms with Crippen LogP contribution < -0.4 is 5.73 Å². The van der Waals surface area contributed by atoms with Gasteiger partial charge in [-0.2, -0.15) is 5.10 Å². The first kappa shape index (κ1) is 14.1. The van der Waals surface area contributed by atoms with E-state index in [0.717, 1.165) is 27.1 Å². The summed E-state index contributed by atoms with van der Waals surface area (Å²) in [7, 11) is 0. The van der Waals surface area contributed by atoms with Gasteiger partial charge in [0.25, 0.3) is 0 Å². The Hall–Kier alpha value is -1.85. The van der Waals surface area contributed by atoms with Gasteiger partial charge >= 0.3 is 0 Å². The standard InChI is InChI=1S/C15H12BrClN4/c16-11-6-10(7-12(17)8-11)15-19-14(20-21-15)5-9-1-3-13(18)4-2-9/h1-4,6-8H,5,18H2,(H,19,20,21). The van der Waals surface area contributed by atoms with Crippen LogP contribution in [0.15, 0.2) is 46.9 Å². The molecule has 3 aromatic rings. The first-order valence-electron chi connectivity index (χ1n) is 6.32. The average Bonchev–Trinajstić information content (AvgIpc) is 2.89. The van der Waals surface area contributed by atoms with Gasteiger partial charge in [0.2, 0.25) is 0 Å². The van der Waals surface area contributed by atoms with Crippen LogP contribution in [0.2, 0.25) is 5.02 Å². The van der Waals surface area contributed by atoms with Crippen molar-refractivity contribution in [3.8, 4) is 11.4 Å². The maximum atomic E-state index is 6.04. The fourth-order valence-electron chi connectivity index (χ4n) is 2.02. The van der Waals surface area contributed by atoms with E-state index in [2.05, 4.69) is 31.1 Å². The van der Waals surface area contributed by atoms with Gasteiger partial charge in [-0.15, -0.1) is 0 Å². The number of nitrogens with zero attached hydrogens (tertiary/aromatic N) is 2. The van der Waals surface area contributed by atoms with Crippen LogP contribution in [-0.4, -0.2) is 15.2 Å². The van der Waals surface area contributed by atoms with Crippen molar-refractivity contribution in [1.29, 1.82) is 0 Å². The molecule has 6 heteroatoms. The number of nitrogen functional groups attached to an aromatic ring is 1. The molecule has 0 saturated heterocycles. The van der Waals surface area contributed by atoms with Gasteiger partial charge in [0.15, 0.2) is 5.82 Å². The van der Waals surface area contributed by atoms with E-state index in [4.69, 9.17) is 17.3 Å². The van der Waals surface area contributed by atoms with E-state index in [9.17, 15) is 0 Å². The van der Waals surface area contributed by atoms with E-state index in [-0.39, 0.29) is 0 Å². The van der Waals surface area contributed by atoms with E-state index in [1.807, 2.05) is 42.5 Å². The zero-order valence-corrected chi connectivity index (χ0v) is 13.3. The molecule has 3 rings (SSSR count). The van der Waals surface area contributed by atoms with Crippen LogP contribution in [0.1, 0.15) is 11.4 Å². The summed E-state index contributed by atoms with van der Waals surface area (Å²) in [6.07, 6.45) is 0.676. The predicted octanol–water partition coefficient (Wildman–Crippen LogP) is 4.06. The van der Waals surface area contributed by atoms with Crippen LogP contribution in [0, 0.1) is 0 Å². The Kier molecular flexibility index (Phi) is 3.94. The second-order valence-corrected chi connectivity index (χ2v) is 6.03. The van der Waals surface area contributed by atoms with Crippen molar-refractivity contribution < 1.29 is 0 Å². The molecule has 1 aromatic heterocycles. The second kappa shape index (κ2) is 5.87. The topological polar surface area (TPSA) is 67.6 Å². The Balaban J connectivity index is 1.84. The number of hydrogen-bond donors (Lipinski definition) is 2. The van der Waals surface area contributed by atoms with Crippen molar-refractivity contribution in [2.45, 2.75) is 6.42 Å². The minimum atomic E-state index is 0.628. The van der Waals surface area contributed by atoms with Crippen molar-refractivity contribution in [2.24, 2.45) is 0 Å². The Labute approximate surface area is 135 Å².